The molecule has 0 saturated heterocycles. The number of rotatable bonds is 2. The van der Waals surface area contributed by atoms with Gasteiger partial charge in [0.1, 0.15) is 5.52 Å². The standard InChI is InChI=1S/C11H12Cl2N4O3/c1-11(2,3)8(18)20-4-17-7-5(14-10(17)19)6(12)15-9(13)16-7/h4H2,1-3H3,(H,14,19). The Hall–Kier alpha value is -1.60. The Morgan fingerprint density at radius 3 is 2.60 bits per heavy atom. The maximum Gasteiger partial charge on any atom is 0.330 e. The average molecular weight is 319 g/mol. The molecule has 0 radical (unpaired) electrons. The molecule has 2 aromatic rings. The molecule has 9 heteroatoms. The summed E-state index contributed by atoms with van der Waals surface area (Å²) < 4.78 is 6.20. The van der Waals surface area contributed by atoms with E-state index in [1.54, 1.807) is 20.8 Å². The molecule has 2 rings (SSSR count). The van der Waals surface area contributed by atoms with Gasteiger partial charge in [-0.05, 0) is 32.4 Å². The van der Waals surface area contributed by atoms with Crippen molar-refractivity contribution in [2.75, 3.05) is 0 Å². The Labute approximate surface area is 123 Å². The van der Waals surface area contributed by atoms with Crippen LogP contribution in [0, 0.1) is 5.41 Å². The van der Waals surface area contributed by atoms with E-state index in [9.17, 15) is 9.59 Å². The van der Waals surface area contributed by atoms with Gasteiger partial charge in [0, 0.05) is 0 Å². The first-order valence-electron chi connectivity index (χ1n) is 5.69. The number of hydrogen-bond donors (Lipinski definition) is 1. The first-order chi connectivity index (χ1) is 9.20. The van der Waals surface area contributed by atoms with Gasteiger partial charge in [-0.25, -0.2) is 14.3 Å². The summed E-state index contributed by atoms with van der Waals surface area (Å²) in [6, 6.07) is 0. The Morgan fingerprint density at radius 2 is 2.00 bits per heavy atom. The van der Waals surface area contributed by atoms with E-state index in [2.05, 4.69) is 15.0 Å². The number of H-pyrrole nitrogens is 1. The third-order valence-electron chi connectivity index (χ3n) is 2.49. The van der Waals surface area contributed by atoms with Crippen molar-refractivity contribution in [2.24, 2.45) is 5.41 Å². The largest absolute Gasteiger partial charge is 0.443 e. The predicted octanol–water partition coefficient (Wildman–Crippen LogP) is 1.97. The molecule has 7 nitrogen and oxygen atoms in total. The zero-order valence-electron chi connectivity index (χ0n) is 11.0. The molecule has 0 aliphatic rings. The van der Waals surface area contributed by atoms with Crippen molar-refractivity contribution in [2.45, 2.75) is 27.5 Å². The van der Waals surface area contributed by atoms with Gasteiger partial charge in [0.15, 0.2) is 17.5 Å². The van der Waals surface area contributed by atoms with Crippen LogP contribution in [0.25, 0.3) is 11.2 Å². The highest BCUT2D eigenvalue weighted by Crippen LogP contribution is 2.20. The molecule has 0 aliphatic carbocycles. The molecule has 0 aliphatic heterocycles. The number of imidazole rings is 1. The first kappa shape index (κ1) is 14.8. The molecule has 0 unspecified atom stereocenters. The van der Waals surface area contributed by atoms with E-state index in [-0.39, 0.29) is 28.3 Å². The molecule has 1 N–H and O–H groups in total. The Kier molecular flexibility index (Phi) is 3.75. The van der Waals surface area contributed by atoms with Gasteiger partial charge in [-0.15, -0.1) is 0 Å². The number of esters is 1. The molecule has 20 heavy (non-hydrogen) atoms. The summed E-state index contributed by atoms with van der Waals surface area (Å²) in [6.45, 7) is 4.86. The lowest BCUT2D eigenvalue weighted by molar-refractivity contribution is -0.156. The van der Waals surface area contributed by atoms with Crippen LogP contribution in [0.15, 0.2) is 4.79 Å². The van der Waals surface area contributed by atoms with Crippen LogP contribution in [0.3, 0.4) is 0 Å². The fourth-order valence-electron chi connectivity index (χ4n) is 1.43. The van der Waals surface area contributed by atoms with Crippen molar-refractivity contribution in [1.29, 1.82) is 0 Å². The van der Waals surface area contributed by atoms with Gasteiger partial charge in [0.25, 0.3) is 0 Å². The van der Waals surface area contributed by atoms with Crippen LogP contribution in [0.2, 0.25) is 10.4 Å². The van der Waals surface area contributed by atoms with Gasteiger partial charge in [0.05, 0.1) is 5.41 Å². The quantitative estimate of drug-likeness (QED) is 0.519. The minimum atomic E-state index is -0.667. The third kappa shape index (κ3) is 2.78. The van der Waals surface area contributed by atoms with Gasteiger partial charge < -0.3 is 9.72 Å². The van der Waals surface area contributed by atoms with Crippen LogP contribution >= 0.6 is 23.2 Å². The number of aromatic amines is 1. The predicted molar refractivity (Wildman–Crippen MR) is 73.7 cm³/mol. The highest BCUT2D eigenvalue weighted by atomic mass is 35.5. The Balaban J connectivity index is 2.38. The molecule has 0 amide bonds. The van der Waals surface area contributed by atoms with Crippen LogP contribution in [0.4, 0.5) is 0 Å². The molecule has 108 valence electrons. The highest BCUT2D eigenvalue weighted by molar-refractivity contribution is 6.35. The van der Waals surface area contributed by atoms with Crippen LogP contribution in [0.5, 0.6) is 0 Å². The van der Waals surface area contributed by atoms with Crippen LogP contribution in [-0.2, 0) is 16.3 Å². The summed E-state index contributed by atoms with van der Waals surface area (Å²) in [7, 11) is 0. The number of carbonyl (C=O) groups excluding carboxylic acids is 1. The van der Waals surface area contributed by atoms with Crippen molar-refractivity contribution < 1.29 is 9.53 Å². The number of nitrogens with one attached hydrogen (secondary N) is 1. The summed E-state index contributed by atoms with van der Waals surface area (Å²) in [5.41, 5.74) is -0.755. The molecule has 0 aromatic carbocycles. The zero-order valence-corrected chi connectivity index (χ0v) is 12.5. The second-order valence-electron chi connectivity index (χ2n) is 5.15. The van der Waals surface area contributed by atoms with Crippen LogP contribution in [-0.4, -0.2) is 25.5 Å². The summed E-state index contributed by atoms with van der Waals surface area (Å²) >= 11 is 11.6. The first-order valence-corrected chi connectivity index (χ1v) is 6.44. The summed E-state index contributed by atoms with van der Waals surface area (Å²) in [5, 5.41) is -0.0737. The highest BCUT2D eigenvalue weighted by Gasteiger charge is 2.24. The molecule has 0 bridgehead atoms. The average Bonchev–Trinajstić information content (AvgIpc) is 2.62. The minimum absolute atomic E-state index is 0.0259. The van der Waals surface area contributed by atoms with E-state index < -0.39 is 17.1 Å². The minimum Gasteiger partial charge on any atom is -0.443 e. The number of hydrogen-bond acceptors (Lipinski definition) is 5. The van der Waals surface area contributed by atoms with Gasteiger partial charge in [-0.1, -0.05) is 11.6 Å². The van der Waals surface area contributed by atoms with Crippen molar-refractivity contribution >= 4 is 40.3 Å². The van der Waals surface area contributed by atoms with Crippen molar-refractivity contribution in [3.63, 3.8) is 0 Å². The maximum absolute atomic E-state index is 11.8. The number of nitrogens with zero attached hydrogens (tertiary/aromatic N) is 3. The van der Waals surface area contributed by atoms with Crippen molar-refractivity contribution in [3.05, 3.63) is 20.9 Å². The van der Waals surface area contributed by atoms with E-state index in [1.165, 1.54) is 0 Å². The van der Waals surface area contributed by atoms with E-state index in [0.717, 1.165) is 4.57 Å². The van der Waals surface area contributed by atoms with Gasteiger partial charge in [-0.3, -0.25) is 4.79 Å². The molecular weight excluding hydrogens is 307 g/mol. The van der Waals surface area contributed by atoms with Crippen LogP contribution < -0.4 is 5.69 Å². The Bertz CT molecular complexity index is 730. The smallest absolute Gasteiger partial charge is 0.330 e. The summed E-state index contributed by atoms with van der Waals surface area (Å²) in [5.74, 6) is -0.440. The lowest BCUT2D eigenvalue weighted by Crippen LogP contribution is -2.27. The van der Waals surface area contributed by atoms with Crippen molar-refractivity contribution in [3.8, 4) is 0 Å². The van der Waals surface area contributed by atoms with Gasteiger partial charge >= 0.3 is 11.7 Å². The topological polar surface area (TPSA) is 89.9 Å². The maximum atomic E-state index is 11.8. The number of carbonyl (C=O) groups is 1. The number of fused-ring (bicyclic) bond motifs is 1. The molecule has 0 spiro atoms. The second-order valence-corrected chi connectivity index (χ2v) is 5.85. The summed E-state index contributed by atoms with van der Waals surface area (Å²) in [4.78, 5) is 33.6. The normalized spacial score (nSPS) is 11.8. The summed E-state index contributed by atoms with van der Waals surface area (Å²) in [6.07, 6.45) is 0. The zero-order chi connectivity index (χ0) is 15.1. The fraction of sp³-hybridized carbons (Fsp3) is 0.455. The lowest BCUT2D eigenvalue weighted by Gasteiger charge is -2.16. The number of ether oxygens (including phenoxy) is 1. The van der Waals surface area contributed by atoms with E-state index in [4.69, 9.17) is 27.9 Å². The fourth-order valence-corrected chi connectivity index (χ4v) is 1.85. The Morgan fingerprint density at radius 1 is 1.35 bits per heavy atom. The third-order valence-corrected chi connectivity index (χ3v) is 2.93. The van der Waals surface area contributed by atoms with E-state index in [1.807, 2.05) is 0 Å². The monoisotopic (exact) mass is 318 g/mol. The molecule has 2 heterocycles. The second kappa shape index (κ2) is 5.06. The van der Waals surface area contributed by atoms with Gasteiger partial charge in [-0.2, -0.15) is 4.98 Å². The lowest BCUT2D eigenvalue weighted by atomic mass is 9.98. The molecule has 2 aromatic heterocycles. The van der Waals surface area contributed by atoms with E-state index in [0.29, 0.717) is 0 Å². The SMILES string of the molecule is CC(C)(C)C(=O)OCn1c(=O)[nH]c2c(Cl)nc(Cl)nc21. The molecule has 0 saturated carbocycles. The number of halogens is 2. The molecular formula is C11H12Cl2N4O3. The van der Waals surface area contributed by atoms with E-state index >= 15 is 0 Å². The van der Waals surface area contributed by atoms with Crippen LogP contribution in [0.1, 0.15) is 20.8 Å². The van der Waals surface area contributed by atoms with Gasteiger partial charge in [0.2, 0.25) is 5.28 Å². The van der Waals surface area contributed by atoms with Crippen molar-refractivity contribution in [1.82, 2.24) is 19.5 Å². The molecule has 0 atom stereocenters. The number of aromatic nitrogens is 4. The molecule has 0 fully saturated rings.